The number of rotatable bonds is 5. The molecular formula is C11H12ClFN2O3. The van der Waals surface area contributed by atoms with Gasteiger partial charge in [0.25, 0.3) is 5.91 Å². The number of nitrogens with one attached hydrogen (secondary N) is 1. The van der Waals surface area contributed by atoms with E-state index >= 15 is 0 Å². The summed E-state index contributed by atoms with van der Waals surface area (Å²) in [4.78, 5) is 26.1. The van der Waals surface area contributed by atoms with Gasteiger partial charge < -0.3 is 10.4 Å². The fourth-order valence-corrected chi connectivity index (χ4v) is 1.55. The number of carbonyl (C=O) groups is 2. The van der Waals surface area contributed by atoms with Crippen LogP contribution in [0, 0.1) is 5.82 Å². The fraction of sp³-hybridized carbons (Fsp3) is 0.364. The van der Waals surface area contributed by atoms with Gasteiger partial charge >= 0.3 is 5.97 Å². The third-order valence-corrected chi connectivity index (χ3v) is 2.53. The summed E-state index contributed by atoms with van der Waals surface area (Å²) in [6.07, 6.45) is 1.74. The molecule has 0 spiro atoms. The van der Waals surface area contributed by atoms with Crippen LogP contribution in [0.3, 0.4) is 0 Å². The van der Waals surface area contributed by atoms with Crippen molar-refractivity contribution in [1.29, 1.82) is 0 Å². The van der Waals surface area contributed by atoms with Crippen LogP contribution in [0.4, 0.5) is 4.39 Å². The smallest absolute Gasteiger partial charge is 0.326 e. The van der Waals surface area contributed by atoms with E-state index in [9.17, 15) is 14.0 Å². The summed E-state index contributed by atoms with van der Waals surface area (Å²) in [7, 11) is 0. The predicted molar refractivity (Wildman–Crippen MR) is 63.0 cm³/mol. The molecule has 0 saturated carbocycles. The molecule has 1 rings (SSSR count). The third-order valence-electron chi connectivity index (χ3n) is 2.23. The molecule has 0 saturated heterocycles. The van der Waals surface area contributed by atoms with E-state index in [0.29, 0.717) is 6.42 Å². The Bertz CT molecular complexity index is 468. The van der Waals surface area contributed by atoms with Crippen LogP contribution < -0.4 is 5.32 Å². The van der Waals surface area contributed by atoms with Crippen molar-refractivity contribution in [2.24, 2.45) is 0 Å². The number of amides is 1. The van der Waals surface area contributed by atoms with Gasteiger partial charge in [-0.25, -0.2) is 14.2 Å². The van der Waals surface area contributed by atoms with E-state index in [1.54, 1.807) is 6.92 Å². The van der Waals surface area contributed by atoms with Crippen LogP contribution >= 0.6 is 11.6 Å². The van der Waals surface area contributed by atoms with Crippen molar-refractivity contribution in [2.45, 2.75) is 25.8 Å². The van der Waals surface area contributed by atoms with E-state index < -0.39 is 23.7 Å². The third kappa shape index (κ3) is 3.66. The molecule has 0 aromatic carbocycles. The Hall–Kier alpha value is -1.69. The summed E-state index contributed by atoms with van der Waals surface area (Å²) in [5.74, 6) is -2.62. The number of carboxylic acid groups (broad SMARTS) is 1. The van der Waals surface area contributed by atoms with Gasteiger partial charge in [0.05, 0.1) is 11.8 Å². The number of halogens is 2. The lowest BCUT2D eigenvalue weighted by atomic mass is 10.1. The number of nitrogens with zero attached hydrogens (tertiary/aromatic N) is 1. The minimum Gasteiger partial charge on any atom is -0.480 e. The average molecular weight is 275 g/mol. The van der Waals surface area contributed by atoms with Crippen LogP contribution in [0.1, 0.15) is 30.1 Å². The highest BCUT2D eigenvalue weighted by Gasteiger charge is 2.21. The Balaban J connectivity index is 2.86. The average Bonchev–Trinajstić information content (AvgIpc) is 2.31. The molecule has 1 aromatic heterocycles. The predicted octanol–water partition coefficient (Wildman–Crippen LogP) is 1.86. The lowest BCUT2D eigenvalue weighted by molar-refractivity contribution is -0.139. The molecule has 1 heterocycles. The second-order valence-electron chi connectivity index (χ2n) is 3.64. The molecule has 98 valence electrons. The zero-order chi connectivity index (χ0) is 13.7. The van der Waals surface area contributed by atoms with E-state index in [1.165, 1.54) is 0 Å². The van der Waals surface area contributed by atoms with Crippen LogP contribution in [-0.2, 0) is 4.79 Å². The molecule has 1 unspecified atom stereocenters. The number of aliphatic carboxylic acids is 1. The molecule has 1 atom stereocenters. The summed E-state index contributed by atoms with van der Waals surface area (Å²) >= 11 is 5.65. The van der Waals surface area contributed by atoms with Gasteiger partial charge in [-0.15, -0.1) is 0 Å². The van der Waals surface area contributed by atoms with Crippen LogP contribution in [0.15, 0.2) is 12.3 Å². The molecule has 7 heteroatoms. The SMILES string of the molecule is CCCC(NC(=O)c1cc(F)cnc1Cl)C(=O)O. The van der Waals surface area contributed by atoms with Crippen LogP contribution in [0.2, 0.25) is 5.15 Å². The molecule has 1 aromatic rings. The van der Waals surface area contributed by atoms with Gasteiger partial charge in [0.2, 0.25) is 0 Å². The maximum Gasteiger partial charge on any atom is 0.326 e. The second kappa shape index (κ2) is 6.30. The van der Waals surface area contributed by atoms with Gasteiger partial charge in [0.1, 0.15) is 17.0 Å². The molecular weight excluding hydrogens is 263 g/mol. The Morgan fingerprint density at radius 1 is 1.61 bits per heavy atom. The van der Waals surface area contributed by atoms with Crippen molar-refractivity contribution in [3.8, 4) is 0 Å². The number of carbonyl (C=O) groups excluding carboxylic acids is 1. The molecule has 0 aliphatic heterocycles. The Kier molecular flexibility index (Phi) is 5.03. The molecule has 1 amide bonds. The van der Waals surface area contributed by atoms with Crippen LogP contribution in [0.5, 0.6) is 0 Å². The van der Waals surface area contributed by atoms with Crippen molar-refractivity contribution in [3.63, 3.8) is 0 Å². The Labute approximate surface area is 108 Å². The van der Waals surface area contributed by atoms with E-state index in [0.717, 1.165) is 12.3 Å². The highest BCUT2D eigenvalue weighted by Crippen LogP contribution is 2.14. The lowest BCUT2D eigenvalue weighted by Crippen LogP contribution is -2.40. The summed E-state index contributed by atoms with van der Waals surface area (Å²) in [5.41, 5.74) is -0.181. The minimum atomic E-state index is -1.15. The fourth-order valence-electron chi connectivity index (χ4n) is 1.36. The van der Waals surface area contributed by atoms with Gasteiger partial charge in [0.15, 0.2) is 0 Å². The number of hydrogen-bond acceptors (Lipinski definition) is 3. The first-order valence-electron chi connectivity index (χ1n) is 5.30. The van der Waals surface area contributed by atoms with Crippen LogP contribution in [-0.4, -0.2) is 28.0 Å². The lowest BCUT2D eigenvalue weighted by Gasteiger charge is -2.13. The maximum absolute atomic E-state index is 12.9. The maximum atomic E-state index is 12.9. The molecule has 2 N–H and O–H groups in total. The molecule has 5 nitrogen and oxygen atoms in total. The number of aromatic nitrogens is 1. The van der Waals surface area contributed by atoms with Gasteiger partial charge in [0, 0.05) is 0 Å². The summed E-state index contributed by atoms with van der Waals surface area (Å²) < 4.78 is 12.9. The van der Waals surface area contributed by atoms with E-state index in [1.807, 2.05) is 0 Å². The Morgan fingerprint density at radius 2 is 2.28 bits per heavy atom. The van der Waals surface area contributed by atoms with Crippen molar-refractivity contribution in [2.75, 3.05) is 0 Å². The zero-order valence-corrected chi connectivity index (χ0v) is 10.4. The van der Waals surface area contributed by atoms with Gasteiger partial charge in [-0.3, -0.25) is 4.79 Å². The Morgan fingerprint density at radius 3 is 2.83 bits per heavy atom. The van der Waals surface area contributed by atoms with E-state index in [2.05, 4.69) is 10.3 Å². The van der Waals surface area contributed by atoms with Gasteiger partial charge in [-0.05, 0) is 12.5 Å². The number of hydrogen-bond donors (Lipinski definition) is 2. The monoisotopic (exact) mass is 274 g/mol. The van der Waals surface area contributed by atoms with E-state index in [-0.39, 0.29) is 17.1 Å². The quantitative estimate of drug-likeness (QED) is 0.803. The first-order chi connectivity index (χ1) is 8.45. The molecule has 0 aliphatic rings. The summed E-state index contributed by atoms with van der Waals surface area (Å²) in [6.45, 7) is 1.79. The topological polar surface area (TPSA) is 79.3 Å². The van der Waals surface area contributed by atoms with Crippen LogP contribution in [0.25, 0.3) is 0 Å². The first-order valence-corrected chi connectivity index (χ1v) is 5.68. The molecule has 0 fully saturated rings. The highest BCUT2D eigenvalue weighted by atomic mass is 35.5. The van der Waals surface area contributed by atoms with Crippen molar-refractivity contribution < 1.29 is 19.1 Å². The largest absolute Gasteiger partial charge is 0.480 e. The molecule has 0 bridgehead atoms. The minimum absolute atomic E-state index is 0.172. The zero-order valence-electron chi connectivity index (χ0n) is 9.61. The number of carboxylic acids is 1. The number of pyridine rings is 1. The van der Waals surface area contributed by atoms with Crippen molar-refractivity contribution in [3.05, 3.63) is 28.8 Å². The summed E-state index contributed by atoms with van der Waals surface area (Å²) in [6, 6.07) is -0.114. The van der Waals surface area contributed by atoms with E-state index in [4.69, 9.17) is 16.7 Å². The molecule has 18 heavy (non-hydrogen) atoms. The van der Waals surface area contributed by atoms with Gasteiger partial charge in [-0.1, -0.05) is 24.9 Å². The standard InChI is InChI=1S/C11H12ClFN2O3/c1-2-3-8(11(17)18)15-10(16)7-4-6(13)5-14-9(7)12/h4-5,8H,2-3H2,1H3,(H,15,16)(H,17,18). The second-order valence-corrected chi connectivity index (χ2v) is 4.00. The molecule has 0 aliphatic carbocycles. The van der Waals surface area contributed by atoms with Gasteiger partial charge in [-0.2, -0.15) is 0 Å². The van der Waals surface area contributed by atoms with Crippen molar-refractivity contribution in [1.82, 2.24) is 10.3 Å². The molecule has 0 radical (unpaired) electrons. The summed E-state index contributed by atoms with van der Waals surface area (Å²) in [5, 5.41) is 11.0. The highest BCUT2D eigenvalue weighted by molar-refractivity contribution is 6.32. The van der Waals surface area contributed by atoms with Crippen molar-refractivity contribution >= 4 is 23.5 Å². The first kappa shape index (κ1) is 14.4. The normalized spacial score (nSPS) is 11.9.